The number of β-amino-alcohol motifs (C(OH)–C–C–N with tert-alkyl or cyclic N) is 1. The molecule has 2 N–H and O–H groups in total. The predicted octanol–water partition coefficient (Wildman–Crippen LogP) is -0.407. The van der Waals surface area contributed by atoms with Crippen molar-refractivity contribution in [3.05, 3.63) is 0 Å². The molecule has 1 rings (SSSR count). The fourth-order valence-electron chi connectivity index (χ4n) is 2.00. The number of aliphatic hydroxyl groups is 1. The first kappa shape index (κ1) is 14.7. The van der Waals surface area contributed by atoms with Gasteiger partial charge in [-0.25, -0.2) is 9.59 Å². The van der Waals surface area contributed by atoms with E-state index in [1.807, 2.05) is 6.92 Å². The van der Waals surface area contributed by atoms with E-state index < -0.39 is 24.1 Å². The predicted molar refractivity (Wildman–Crippen MR) is 63.3 cm³/mol. The number of carbonyl (C=O) groups is 2. The number of aliphatic carboxylic acids is 1. The summed E-state index contributed by atoms with van der Waals surface area (Å²) in [5.41, 5.74) is 0. The Morgan fingerprint density at radius 3 is 2.67 bits per heavy atom. The number of likely N-dealkylation sites (N-methyl/N-ethyl adjacent to an activating group) is 1. The average molecular weight is 260 g/mol. The molecule has 1 aliphatic heterocycles. The Kier molecular flexibility index (Phi) is 4.92. The van der Waals surface area contributed by atoms with Gasteiger partial charge in [0.25, 0.3) is 0 Å². The van der Waals surface area contributed by atoms with E-state index in [4.69, 9.17) is 9.84 Å². The van der Waals surface area contributed by atoms with Crippen LogP contribution < -0.4 is 0 Å². The van der Waals surface area contributed by atoms with Gasteiger partial charge in [0.2, 0.25) is 0 Å². The van der Waals surface area contributed by atoms with Crippen molar-refractivity contribution in [2.45, 2.75) is 31.5 Å². The van der Waals surface area contributed by atoms with Gasteiger partial charge in [-0.05, 0) is 6.92 Å². The highest BCUT2D eigenvalue weighted by Gasteiger charge is 2.40. The standard InChI is InChI=1S/C11H20N2O5/c1-7(6-18-3)12(2)11(17)13-5-8(14)4-9(13)10(15)16/h7-9,14H,4-6H2,1-3H3,(H,15,16)/t7?,8-,9-/m1/s1. The molecule has 1 saturated heterocycles. The van der Waals surface area contributed by atoms with Crippen LogP contribution in [-0.4, -0.2) is 77.5 Å². The zero-order chi connectivity index (χ0) is 13.9. The molecule has 0 aromatic heterocycles. The van der Waals surface area contributed by atoms with Gasteiger partial charge < -0.3 is 24.7 Å². The molecule has 7 heteroatoms. The number of aliphatic hydroxyl groups excluding tert-OH is 1. The lowest BCUT2D eigenvalue weighted by Crippen LogP contribution is -2.50. The average Bonchev–Trinajstić information content (AvgIpc) is 2.69. The first-order valence-electron chi connectivity index (χ1n) is 5.81. The zero-order valence-electron chi connectivity index (χ0n) is 10.9. The first-order chi connectivity index (χ1) is 8.38. The second-order valence-electron chi connectivity index (χ2n) is 4.59. The Morgan fingerprint density at radius 2 is 2.17 bits per heavy atom. The van der Waals surface area contributed by atoms with Crippen molar-refractivity contribution in [2.75, 3.05) is 27.3 Å². The highest BCUT2D eigenvalue weighted by atomic mass is 16.5. The van der Waals surface area contributed by atoms with Crippen LogP contribution >= 0.6 is 0 Å². The van der Waals surface area contributed by atoms with Crippen LogP contribution in [0.5, 0.6) is 0 Å². The molecule has 3 atom stereocenters. The molecule has 0 radical (unpaired) electrons. The number of ether oxygens (including phenoxy) is 1. The van der Waals surface area contributed by atoms with Crippen LogP contribution in [0.15, 0.2) is 0 Å². The Hall–Kier alpha value is -1.34. The molecule has 1 fully saturated rings. The number of carboxylic acid groups (broad SMARTS) is 1. The molecule has 0 bridgehead atoms. The van der Waals surface area contributed by atoms with E-state index in [9.17, 15) is 14.7 Å². The summed E-state index contributed by atoms with van der Waals surface area (Å²) < 4.78 is 4.95. The van der Waals surface area contributed by atoms with Gasteiger partial charge in [0.15, 0.2) is 0 Å². The fourth-order valence-corrected chi connectivity index (χ4v) is 2.00. The number of hydrogen-bond acceptors (Lipinski definition) is 4. The minimum absolute atomic E-state index is 0.0554. The van der Waals surface area contributed by atoms with Crippen molar-refractivity contribution in [1.82, 2.24) is 9.80 Å². The smallest absolute Gasteiger partial charge is 0.326 e. The highest BCUT2D eigenvalue weighted by molar-refractivity contribution is 5.83. The number of amides is 2. The third-order valence-electron chi connectivity index (χ3n) is 3.18. The number of likely N-dealkylation sites (tertiary alicyclic amines) is 1. The van der Waals surface area contributed by atoms with Crippen molar-refractivity contribution in [3.63, 3.8) is 0 Å². The Bertz CT molecular complexity index is 323. The molecule has 1 heterocycles. The van der Waals surface area contributed by atoms with Crippen LogP contribution in [0, 0.1) is 0 Å². The largest absolute Gasteiger partial charge is 0.480 e. The van der Waals surface area contributed by atoms with E-state index in [1.165, 1.54) is 16.9 Å². The summed E-state index contributed by atoms with van der Waals surface area (Å²) in [5.74, 6) is -1.09. The first-order valence-corrected chi connectivity index (χ1v) is 5.81. The van der Waals surface area contributed by atoms with Crippen molar-refractivity contribution in [2.24, 2.45) is 0 Å². The number of nitrogens with zero attached hydrogens (tertiary/aromatic N) is 2. The van der Waals surface area contributed by atoms with Gasteiger partial charge in [-0.1, -0.05) is 0 Å². The van der Waals surface area contributed by atoms with Gasteiger partial charge in [0.1, 0.15) is 6.04 Å². The fraction of sp³-hybridized carbons (Fsp3) is 0.818. The number of urea groups is 1. The van der Waals surface area contributed by atoms with Gasteiger partial charge in [-0.3, -0.25) is 0 Å². The minimum Gasteiger partial charge on any atom is -0.480 e. The van der Waals surface area contributed by atoms with E-state index in [-0.39, 0.29) is 19.0 Å². The van der Waals surface area contributed by atoms with Crippen molar-refractivity contribution in [3.8, 4) is 0 Å². The lowest BCUT2D eigenvalue weighted by Gasteiger charge is -2.31. The second-order valence-corrected chi connectivity index (χ2v) is 4.59. The molecular formula is C11H20N2O5. The number of methoxy groups -OCH3 is 1. The normalized spacial score (nSPS) is 25.0. The molecule has 0 aromatic rings. The summed E-state index contributed by atoms with van der Waals surface area (Å²) in [4.78, 5) is 25.8. The molecule has 2 amide bonds. The summed E-state index contributed by atoms with van der Waals surface area (Å²) >= 11 is 0. The summed E-state index contributed by atoms with van der Waals surface area (Å²) in [5, 5.41) is 18.5. The van der Waals surface area contributed by atoms with Gasteiger partial charge in [-0.2, -0.15) is 0 Å². The number of hydrogen-bond donors (Lipinski definition) is 2. The quantitative estimate of drug-likeness (QED) is 0.717. The van der Waals surface area contributed by atoms with Crippen LogP contribution in [0.1, 0.15) is 13.3 Å². The Morgan fingerprint density at radius 1 is 1.56 bits per heavy atom. The zero-order valence-corrected chi connectivity index (χ0v) is 10.9. The summed E-state index contributed by atoms with van der Waals surface area (Å²) in [6.07, 6.45) is -0.700. The molecule has 1 aliphatic rings. The van der Waals surface area contributed by atoms with E-state index in [0.717, 1.165) is 0 Å². The number of rotatable bonds is 4. The maximum Gasteiger partial charge on any atom is 0.326 e. The molecule has 0 saturated carbocycles. The SMILES string of the molecule is COCC(C)N(C)C(=O)N1C[C@H](O)C[C@@H]1C(=O)O. The summed E-state index contributed by atoms with van der Waals surface area (Å²) in [6, 6.07) is -1.51. The van der Waals surface area contributed by atoms with Crippen molar-refractivity contribution in [1.29, 1.82) is 0 Å². The van der Waals surface area contributed by atoms with E-state index in [2.05, 4.69) is 0 Å². The van der Waals surface area contributed by atoms with Crippen molar-refractivity contribution >= 4 is 12.0 Å². The van der Waals surface area contributed by atoms with Gasteiger partial charge in [-0.15, -0.1) is 0 Å². The van der Waals surface area contributed by atoms with Crippen LogP contribution in [0.3, 0.4) is 0 Å². The lowest BCUT2D eigenvalue weighted by atomic mass is 10.2. The molecule has 0 spiro atoms. The molecule has 0 aromatic carbocycles. The number of carbonyl (C=O) groups excluding carboxylic acids is 1. The third kappa shape index (κ3) is 3.11. The van der Waals surface area contributed by atoms with Gasteiger partial charge >= 0.3 is 12.0 Å². The van der Waals surface area contributed by atoms with Crippen LogP contribution in [-0.2, 0) is 9.53 Å². The molecule has 18 heavy (non-hydrogen) atoms. The molecule has 104 valence electrons. The highest BCUT2D eigenvalue weighted by Crippen LogP contribution is 2.20. The minimum atomic E-state index is -1.09. The maximum absolute atomic E-state index is 12.1. The second kappa shape index (κ2) is 6.01. The van der Waals surface area contributed by atoms with E-state index >= 15 is 0 Å². The molecular weight excluding hydrogens is 240 g/mol. The summed E-state index contributed by atoms with van der Waals surface area (Å²) in [6.45, 7) is 2.24. The monoisotopic (exact) mass is 260 g/mol. The van der Waals surface area contributed by atoms with Crippen molar-refractivity contribution < 1.29 is 24.5 Å². The van der Waals surface area contributed by atoms with Crippen LogP contribution in [0.25, 0.3) is 0 Å². The van der Waals surface area contributed by atoms with E-state index in [0.29, 0.717) is 6.61 Å². The van der Waals surface area contributed by atoms with Crippen LogP contribution in [0.4, 0.5) is 4.79 Å². The Labute approximate surface area is 106 Å². The van der Waals surface area contributed by atoms with E-state index in [1.54, 1.807) is 7.05 Å². The maximum atomic E-state index is 12.1. The van der Waals surface area contributed by atoms with Gasteiger partial charge in [0.05, 0.1) is 18.8 Å². The lowest BCUT2D eigenvalue weighted by molar-refractivity contribution is -0.141. The molecule has 7 nitrogen and oxygen atoms in total. The summed E-state index contributed by atoms with van der Waals surface area (Å²) in [7, 11) is 3.13. The molecule has 0 aliphatic carbocycles. The molecule has 1 unspecified atom stereocenters. The Balaban J connectivity index is 2.73. The topological polar surface area (TPSA) is 90.3 Å². The van der Waals surface area contributed by atoms with Gasteiger partial charge in [0, 0.05) is 27.1 Å². The third-order valence-corrected chi connectivity index (χ3v) is 3.18. The number of carboxylic acids is 1. The van der Waals surface area contributed by atoms with Crippen LogP contribution in [0.2, 0.25) is 0 Å².